The molecule has 0 amide bonds. The van der Waals surface area contributed by atoms with E-state index in [1.807, 2.05) is 18.2 Å². The van der Waals surface area contributed by atoms with Crippen LogP contribution in [0.4, 0.5) is 0 Å². The molecule has 1 saturated carbocycles. The van der Waals surface area contributed by atoms with Gasteiger partial charge in [-0.25, -0.2) is 0 Å². The van der Waals surface area contributed by atoms with Gasteiger partial charge in [-0.1, -0.05) is 29.6 Å². The van der Waals surface area contributed by atoms with Gasteiger partial charge in [-0.15, -0.1) is 0 Å². The minimum Gasteiger partial charge on any atom is -0.334 e. The van der Waals surface area contributed by atoms with Crippen molar-refractivity contribution in [2.24, 2.45) is 5.73 Å². The molecule has 1 heterocycles. The van der Waals surface area contributed by atoms with Crippen molar-refractivity contribution in [1.29, 1.82) is 0 Å². The number of nitrogens with zero attached hydrogens (tertiary/aromatic N) is 2. The third-order valence-corrected chi connectivity index (χ3v) is 5.11. The molecule has 0 aliphatic heterocycles. The second-order valence-electron chi connectivity index (χ2n) is 4.92. The van der Waals surface area contributed by atoms with Crippen LogP contribution in [-0.4, -0.2) is 10.1 Å². The van der Waals surface area contributed by atoms with E-state index in [1.165, 1.54) is 0 Å². The van der Waals surface area contributed by atoms with Gasteiger partial charge >= 0.3 is 0 Å². The van der Waals surface area contributed by atoms with Crippen LogP contribution in [0.25, 0.3) is 11.5 Å². The summed E-state index contributed by atoms with van der Waals surface area (Å²) in [7, 11) is 0. The number of rotatable bonds is 2. The van der Waals surface area contributed by atoms with Crippen LogP contribution in [0.3, 0.4) is 0 Å². The molecular weight excluding hydrogens is 377 g/mol. The monoisotopic (exact) mass is 389 g/mol. The highest BCUT2D eigenvalue weighted by molar-refractivity contribution is 14.1. The zero-order valence-corrected chi connectivity index (χ0v) is 13.1. The summed E-state index contributed by atoms with van der Waals surface area (Å²) < 4.78 is 6.32. The minimum atomic E-state index is -0.422. The highest BCUT2D eigenvalue weighted by atomic mass is 127. The van der Waals surface area contributed by atoms with Gasteiger partial charge in [0.15, 0.2) is 5.82 Å². The summed E-state index contributed by atoms with van der Waals surface area (Å²) in [4.78, 5) is 4.44. The lowest BCUT2D eigenvalue weighted by Gasteiger charge is -2.17. The van der Waals surface area contributed by atoms with Gasteiger partial charge in [0, 0.05) is 9.13 Å². The Morgan fingerprint density at radius 2 is 2.05 bits per heavy atom. The van der Waals surface area contributed by atoms with Crippen LogP contribution < -0.4 is 5.73 Å². The average molecular weight is 390 g/mol. The van der Waals surface area contributed by atoms with Crippen LogP contribution in [0.5, 0.6) is 0 Å². The Hall–Kier alpha value is -0.660. The van der Waals surface area contributed by atoms with Crippen molar-refractivity contribution >= 4 is 34.2 Å². The van der Waals surface area contributed by atoms with Crippen LogP contribution in [0, 0.1) is 3.57 Å². The van der Waals surface area contributed by atoms with Gasteiger partial charge in [-0.3, -0.25) is 0 Å². The van der Waals surface area contributed by atoms with Crippen molar-refractivity contribution in [2.45, 2.75) is 31.2 Å². The van der Waals surface area contributed by atoms with Crippen LogP contribution in [0.1, 0.15) is 31.5 Å². The van der Waals surface area contributed by atoms with E-state index in [4.69, 9.17) is 21.9 Å². The third kappa shape index (κ3) is 2.51. The van der Waals surface area contributed by atoms with Gasteiger partial charge in [0.2, 0.25) is 0 Å². The van der Waals surface area contributed by atoms with E-state index in [0.717, 1.165) is 34.8 Å². The first-order chi connectivity index (χ1) is 9.08. The summed E-state index contributed by atoms with van der Waals surface area (Å²) >= 11 is 8.28. The van der Waals surface area contributed by atoms with Gasteiger partial charge in [0.1, 0.15) is 0 Å². The maximum absolute atomic E-state index is 6.31. The quantitative estimate of drug-likeness (QED) is 0.795. The van der Waals surface area contributed by atoms with E-state index in [-0.39, 0.29) is 0 Å². The topological polar surface area (TPSA) is 64.9 Å². The lowest BCUT2D eigenvalue weighted by molar-refractivity contribution is 0.372. The van der Waals surface area contributed by atoms with Crippen LogP contribution >= 0.6 is 34.2 Å². The number of nitrogens with two attached hydrogens (primary N) is 1. The lowest BCUT2D eigenvalue weighted by atomic mass is 9.99. The van der Waals surface area contributed by atoms with E-state index in [2.05, 4.69) is 32.7 Å². The number of halogens is 2. The summed E-state index contributed by atoms with van der Waals surface area (Å²) in [5, 5.41) is 4.72. The van der Waals surface area contributed by atoms with Crippen molar-refractivity contribution in [1.82, 2.24) is 10.1 Å². The molecule has 1 fully saturated rings. The Balaban J connectivity index is 1.94. The maximum Gasteiger partial charge on any atom is 0.258 e. The van der Waals surface area contributed by atoms with Crippen LogP contribution in [0.2, 0.25) is 5.02 Å². The molecule has 0 saturated heterocycles. The highest BCUT2D eigenvalue weighted by Gasteiger charge is 2.36. The Kier molecular flexibility index (Phi) is 3.53. The fourth-order valence-electron chi connectivity index (χ4n) is 2.40. The molecule has 0 spiro atoms. The molecule has 100 valence electrons. The van der Waals surface area contributed by atoms with Gasteiger partial charge in [0.05, 0.1) is 10.6 Å². The van der Waals surface area contributed by atoms with Gasteiger partial charge in [-0.05, 0) is 53.6 Å². The molecule has 0 radical (unpaired) electrons. The molecule has 19 heavy (non-hydrogen) atoms. The minimum absolute atomic E-state index is 0.422. The largest absolute Gasteiger partial charge is 0.334 e. The van der Waals surface area contributed by atoms with Gasteiger partial charge < -0.3 is 10.3 Å². The van der Waals surface area contributed by atoms with Crippen molar-refractivity contribution in [3.05, 3.63) is 32.6 Å². The van der Waals surface area contributed by atoms with E-state index < -0.39 is 5.54 Å². The lowest BCUT2D eigenvalue weighted by Crippen LogP contribution is -2.34. The molecule has 0 bridgehead atoms. The standard InChI is InChI=1S/C13H13ClIN3O/c14-9-7-8(3-4-10(9)15)11-17-12(18-19-11)13(16)5-1-2-6-13/h3-4,7H,1-2,5-6,16H2. The zero-order chi connectivity index (χ0) is 13.5. The summed E-state index contributed by atoms with van der Waals surface area (Å²) in [6.45, 7) is 0. The number of hydrogen-bond acceptors (Lipinski definition) is 4. The SMILES string of the molecule is NC1(c2noc(-c3ccc(I)c(Cl)c3)n2)CCCC1. The normalized spacial score (nSPS) is 17.8. The fourth-order valence-corrected chi connectivity index (χ4v) is 2.92. The molecule has 2 N–H and O–H groups in total. The first kappa shape index (κ1) is 13.3. The van der Waals surface area contributed by atoms with Crippen LogP contribution in [-0.2, 0) is 5.54 Å². The fraction of sp³-hybridized carbons (Fsp3) is 0.385. The van der Waals surface area contributed by atoms with Crippen molar-refractivity contribution < 1.29 is 4.52 Å². The predicted octanol–water partition coefficient (Wildman–Crippen LogP) is 3.72. The van der Waals surface area contributed by atoms with Crippen LogP contribution in [0.15, 0.2) is 22.7 Å². The van der Waals surface area contributed by atoms with E-state index >= 15 is 0 Å². The van der Waals surface area contributed by atoms with Crippen molar-refractivity contribution in [3.8, 4) is 11.5 Å². The molecule has 0 unspecified atom stereocenters. The smallest absolute Gasteiger partial charge is 0.258 e. The van der Waals surface area contributed by atoms with Gasteiger partial charge in [-0.2, -0.15) is 4.98 Å². The molecule has 6 heteroatoms. The van der Waals surface area contributed by atoms with Crippen molar-refractivity contribution in [3.63, 3.8) is 0 Å². The summed E-state index contributed by atoms with van der Waals surface area (Å²) in [5.74, 6) is 1.08. The number of benzene rings is 1. The van der Waals surface area contributed by atoms with E-state index in [9.17, 15) is 0 Å². The highest BCUT2D eigenvalue weighted by Crippen LogP contribution is 2.35. The van der Waals surface area contributed by atoms with Gasteiger partial charge in [0.25, 0.3) is 5.89 Å². The molecule has 1 aliphatic rings. The molecule has 3 rings (SSSR count). The molecular formula is C13H13ClIN3O. The summed E-state index contributed by atoms with van der Waals surface area (Å²) in [6.07, 6.45) is 4.07. The first-order valence-corrected chi connectivity index (χ1v) is 7.63. The summed E-state index contributed by atoms with van der Waals surface area (Å²) in [6, 6.07) is 5.68. The Bertz CT molecular complexity index is 608. The molecule has 0 atom stereocenters. The molecule has 1 aromatic heterocycles. The van der Waals surface area contributed by atoms with Crippen molar-refractivity contribution in [2.75, 3.05) is 0 Å². The van der Waals surface area contributed by atoms with E-state index in [1.54, 1.807) is 0 Å². The maximum atomic E-state index is 6.31. The second-order valence-corrected chi connectivity index (χ2v) is 6.48. The molecule has 4 nitrogen and oxygen atoms in total. The molecule has 1 aliphatic carbocycles. The zero-order valence-electron chi connectivity index (χ0n) is 10.2. The molecule has 1 aromatic carbocycles. The average Bonchev–Trinajstić information content (AvgIpc) is 3.02. The third-order valence-electron chi connectivity index (χ3n) is 3.53. The Morgan fingerprint density at radius 3 is 2.74 bits per heavy atom. The number of hydrogen-bond donors (Lipinski definition) is 1. The Morgan fingerprint density at radius 1 is 1.32 bits per heavy atom. The first-order valence-electron chi connectivity index (χ1n) is 6.17. The predicted molar refractivity (Wildman–Crippen MR) is 81.8 cm³/mol. The molecule has 2 aromatic rings. The Labute approximate surface area is 129 Å². The number of aromatic nitrogens is 2. The summed E-state index contributed by atoms with van der Waals surface area (Å²) in [5.41, 5.74) is 6.72. The second kappa shape index (κ2) is 5.03. The van der Waals surface area contributed by atoms with E-state index in [0.29, 0.717) is 16.7 Å².